The topological polar surface area (TPSA) is 84.7 Å². The number of imidazole rings is 1. The van der Waals surface area contributed by atoms with Gasteiger partial charge < -0.3 is 14.2 Å². The third-order valence-corrected chi connectivity index (χ3v) is 8.13. The van der Waals surface area contributed by atoms with E-state index in [1.54, 1.807) is 18.2 Å². The number of carbonyl (C=O) groups is 1. The summed E-state index contributed by atoms with van der Waals surface area (Å²) >= 11 is 0. The minimum atomic E-state index is -3.54. The summed E-state index contributed by atoms with van der Waals surface area (Å²) in [5.41, 5.74) is 1.49. The Bertz CT molecular complexity index is 1010. The molecule has 1 aliphatic rings. The van der Waals surface area contributed by atoms with E-state index in [1.807, 2.05) is 37.3 Å². The van der Waals surface area contributed by atoms with Crippen molar-refractivity contribution in [2.24, 2.45) is 13.0 Å². The smallest absolute Gasteiger partial charge is 0.243 e. The zero-order valence-corrected chi connectivity index (χ0v) is 19.8. The maximum atomic E-state index is 12.8. The molecule has 172 valence electrons. The quantitative estimate of drug-likeness (QED) is 0.555. The second-order valence-electron chi connectivity index (χ2n) is 7.99. The lowest BCUT2D eigenvalue weighted by Gasteiger charge is -2.23. The van der Waals surface area contributed by atoms with Crippen molar-refractivity contribution in [2.75, 3.05) is 39.4 Å². The highest BCUT2D eigenvalue weighted by Crippen LogP contribution is 2.23. The average Bonchev–Trinajstić information content (AvgIpc) is 3.38. The molecule has 0 spiro atoms. The molecule has 1 saturated heterocycles. The second-order valence-corrected chi connectivity index (χ2v) is 9.93. The van der Waals surface area contributed by atoms with E-state index in [4.69, 9.17) is 4.74 Å². The third kappa shape index (κ3) is 5.10. The van der Waals surface area contributed by atoms with Gasteiger partial charge in [-0.05, 0) is 31.5 Å². The van der Waals surface area contributed by atoms with Crippen molar-refractivity contribution in [1.82, 2.24) is 18.8 Å². The number of amides is 1. The van der Waals surface area contributed by atoms with Crippen LogP contribution in [-0.2, 0) is 33.0 Å². The van der Waals surface area contributed by atoms with E-state index in [2.05, 4.69) is 4.98 Å². The van der Waals surface area contributed by atoms with E-state index in [-0.39, 0.29) is 10.8 Å². The second kappa shape index (κ2) is 10.1. The highest BCUT2D eigenvalue weighted by atomic mass is 32.2. The standard InChI is InChI=1S/C22H34N4O4S/c1-5-25(15-17-12-13-30-16-17)22(27)11-10-21-23-19-14-18(8-9-20(19)24(21)4)31(28,29)26(6-2)7-3/h8-9,14,17H,5-7,10-13,15-16H2,1-4H3. The van der Waals surface area contributed by atoms with Gasteiger partial charge in [0, 0.05) is 58.6 Å². The lowest BCUT2D eigenvalue weighted by molar-refractivity contribution is -0.131. The minimum absolute atomic E-state index is 0.117. The Morgan fingerprint density at radius 3 is 2.58 bits per heavy atom. The number of rotatable bonds is 10. The zero-order valence-electron chi connectivity index (χ0n) is 19.0. The molecule has 0 saturated carbocycles. The summed E-state index contributed by atoms with van der Waals surface area (Å²) in [4.78, 5) is 19.5. The summed E-state index contributed by atoms with van der Waals surface area (Å²) in [6, 6.07) is 5.06. The van der Waals surface area contributed by atoms with Gasteiger partial charge in [0.1, 0.15) is 5.82 Å². The Kier molecular flexibility index (Phi) is 7.72. The van der Waals surface area contributed by atoms with Gasteiger partial charge in [-0.3, -0.25) is 4.79 Å². The van der Waals surface area contributed by atoms with Crippen LogP contribution >= 0.6 is 0 Å². The number of aryl methyl sites for hydroxylation is 2. The van der Waals surface area contributed by atoms with Crippen molar-refractivity contribution in [3.05, 3.63) is 24.0 Å². The summed E-state index contributed by atoms with van der Waals surface area (Å²) in [7, 11) is -1.63. The summed E-state index contributed by atoms with van der Waals surface area (Å²) in [6.45, 7) is 9.44. The lowest BCUT2D eigenvalue weighted by atomic mass is 10.1. The molecule has 8 nitrogen and oxygen atoms in total. The van der Waals surface area contributed by atoms with Crippen LogP contribution in [0.1, 0.15) is 39.4 Å². The fourth-order valence-electron chi connectivity index (χ4n) is 4.15. The van der Waals surface area contributed by atoms with Crippen molar-refractivity contribution < 1.29 is 17.9 Å². The van der Waals surface area contributed by atoms with Crippen LogP contribution in [0.4, 0.5) is 0 Å². The molecule has 0 bridgehead atoms. The first-order chi connectivity index (χ1) is 14.8. The number of benzene rings is 1. The van der Waals surface area contributed by atoms with Gasteiger partial charge in [0.15, 0.2) is 0 Å². The van der Waals surface area contributed by atoms with E-state index >= 15 is 0 Å². The fraction of sp³-hybridized carbons (Fsp3) is 0.636. The van der Waals surface area contributed by atoms with Crippen LogP contribution in [0.5, 0.6) is 0 Å². The van der Waals surface area contributed by atoms with Gasteiger partial charge in [-0.2, -0.15) is 4.31 Å². The van der Waals surface area contributed by atoms with Gasteiger partial charge in [-0.1, -0.05) is 13.8 Å². The first-order valence-electron chi connectivity index (χ1n) is 11.1. The number of fused-ring (bicyclic) bond motifs is 1. The molecule has 1 amide bonds. The molecule has 2 heterocycles. The summed E-state index contributed by atoms with van der Waals surface area (Å²) in [5, 5.41) is 0. The maximum absolute atomic E-state index is 12.8. The van der Waals surface area contributed by atoms with E-state index in [0.29, 0.717) is 43.9 Å². The van der Waals surface area contributed by atoms with Crippen molar-refractivity contribution in [2.45, 2.75) is 44.9 Å². The Morgan fingerprint density at radius 2 is 1.97 bits per heavy atom. The molecule has 1 aliphatic heterocycles. The highest BCUT2D eigenvalue weighted by molar-refractivity contribution is 7.89. The van der Waals surface area contributed by atoms with Gasteiger partial charge >= 0.3 is 0 Å². The maximum Gasteiger partial charge on any atom is 0.243 e. The largest absolute Gasteiger partial charge is 0.381 e. The zero-order chi connectivity index (χ0) is 22.6. The number of ether oxygens (including phenoxy) is 1. The Balaban J connectivity index is 1.74. The molecule has 1 aromatic heterocycles. The number of sulfonamides is 1. The van der Waals surface area contributed by atoms with Gasteiger partial charge in [-0.25, -0.2) is 13.4 Å². The average molecular weight is 451 g/mol. The molecule has 1 fully saturated rings. The van der Waals surface area contributed by atoms with Crippen molar-refractivity contribution in [3.63, 3.8) is 0 Å². The van der Waals surface area contributed by atoms with E-state index < -0.39 is 10.0 Å². The number of hydrogen-bond donors (Lipinski definition) is 0. The molecule has 0 radical (unpaired) electrons. The molecule has 3 rings (SSSR count). The van der Waals surface area contributed by atoms with Crippen LogP contribution in [0, 0.1) is 5.92 Å². The first-order valence-corrected chi connectivity index (χ1v) is 12.6. The molecule has 1 aromatic carbocycles. The summed E-state index contributed by atoms with van der Waals surface area (Å²) in [6.07, 6.45) is 1.90. The monoisotopic (exact) mass is 450 g/mol. The van der Waals surface area contributed by atoms with E-state index in [9.17, 15) is 13.2 Å². The first kappa shape index (κ1) is 23.7. The lowest BCUT2D eigenvalue weighted by Crippen LogP contribution is -2.35. The Morgan fingerprint density at radius 1 is 1.23 bits per heavy atom. The molecule has 31 heavy (non-hydrogen) atoms. The van der Waals surface area contributed by atoms with Crippen LogP contribution in [0.2, 0.25) is 0 Å². The summed E-state index contributed by atoms with van der Waals surface area (Å²) in [5.74, 6) is 1.32. The minimum Gasteiger partial charge on any atom is -0.381 e. The molecule has 2 aromatic rings. The van der Waals surface area contributed by atoms with Crippen molar-refractivity contribution in [3.8, 4) is 0 Å². The number of carbonyl (C=O) groups excluding carboxylic acids is 1. The predicted molar refractivity (Wildman–Crippen MR) is 120 cm³/mol. The molecular weight excluding hydrogens is 416 g/mol. The Hall–Kier alpha value is -1.97. The van der Waals surface area contributed by atoms with E-state index in [1.165, 1.54) is 4.31 Å². The van der Waals surface area contributed by atoms with Crippen molar-refractivity contribution >= 4 is 27.0 Å². The van der Waals surface area contributed by atoms with Gasteiger partial charge in [0.2, 0.25) is 15.9 Å². The van der Waals surface area contributed by atoms with Crippen LogP contribution < -0.4 is 0 Å². The van der Waals surface area contributed by atoms with E-state index in [0.717, 1.165) is 37.5 Å². The predicted octanol–water partition coefficient (Wildman–Crippen LogP) is 2.42. The highest BCUT2D eigenvalue weighted by Gasteiger charge is 2.24. The number of hydrogen-bond acceptors (Lipinski definition) is 5. The van der Waals surface area contributed by atoms with Crippen LogP contribution in [0.3, 0.4) is 0 Å². The van der Waals surface area contributed by atoms with Gasteiger partial charge in [0.05, 0.1) is 22.5 Å². The SMILES string of the molecule is CCN(CC1CCOC1)C(=O)CCc1nc2cc(S(=O)(=O)N(CC)CC)ccc2n1C. The van der Waals surface area contributed by atoms with Crippen LogP contribution in [0.15, 0.2) is 23.1 Å². The number of aromatic nitrogens is 2. The third-order valence-electron chi connectivity index (χ3n) is 6.09. The molecule has 0 N–H and O–H groups in total. The fourth-order valence-corrected chi connectivity index (χ4v) is 5.63. The molecular formula is C22H34N4O4S. The van der Waals surface area contributed by atoms with Gasteiger partial charge in [0.25, 0.3) is 0 Å². The molecule has 0 aliphatic carbocycles. The normalized spacial score (nSPS) is 17.0. The molecule has 9 heteroatoms. The van der Waals surface area contributed by atoms with Crippen molar-refractivity contribution in [1.29, 1.82) is 0 Å². The van der Waals surface area contributed by atoms with Crippen LogP contribution in [0.25, 0.3) is 11.0 Å². The van der Waals surface area contributed by atoms with Crippen LogP contribution in [-0.4, -0.2) is 72.5 Å². The number of nitrogens with zero attached hydrogens (tertiary/aromatic N) is 4. The summed E-state index contributed by atoms with van der Waals surface area (Å²) < 4.78 is 34.5. The molecule has 1 unspecified atom stereocenters. The Labute approximate surface area is 185 Å². The molecule has 1 atom stereocenters. The van der Waals surface area contributed by atoms with Gasteiger partial charge in [-0.15, -0.1) is 0 Å².